The Morgan fingerprint density at radius 2 is 2.21 bits per heavy atom. The van der Waals surface area contributed by atoms with Crippen molar-refractivity contribution in [3.63, 3.8) is 0 Å². The van der Waals surface area contributed by atoms with Gasteiger partial charge in [0.2, 0.25) is 0 Å². The Hall–Kier alpha value is -1.49. The second-order valence-corrected chi connectivity index (χ2v) is 2.99. The van der Waals surface area contributed by atoms with Crippen LogP contribution in [0.4, 0.5) is 4.39 Å². The predicted octanol–water partition coefficient (Wildman–Crippen LogP) is 1.42. The van der Waals surface area contributed by atoms with Crippen molar-refractivity contribution in [3.05, 3.63) is 35.1 Å². The summed E-state index contributed by atoms with van der Waals surface area (Å²) in [6, 6.07) is 3.75. The standard InChI is InChI=1S/C9H8FNO2S/c1-11-8(14)5-2-3-6(9(12)13)7(10)4-5/h2-4H,1H3,(H,11,14)(H,12,13). The molecule has 2 N–H and O–H groups in total. The molecule has 0 atom stereocenters. The Labute approximate surface area is 85.6 Å². The lowest BCUT2D eigenvalue weighted by molar-refractivity contribution is 0.0692. The van der Waals surface area contributed by atoms with Crippen LogP contribution < -0.4 is 5.32 Å². The maximum Gasteiger partial charge on any atom is 0.338 e. The first kappa shape index (κ1) is 10.6. The van der Waals surface area contributed by atoms with Gasteiger partial charge in [0.25, 0.3) is 0 Å². The van der Waals surface area contributed by atoms with E-state index in [0.29, 0.717) is 10.6 Å². The first-order valence-corrected chi connectivity index (χ1v) is 4.22. The van der Waals surface area contributed by atoms with E-state index in [-0.39, 0.29) is 5.56 Å². The van der Waals surface area contributed by atoms with Gasteiger partial charge in [0.1, 0.15) is 10.8 Å². The van der Waals surface area contributed by atoms with Crippen LogP contribution in [-0.4, -0.2) is 23.1 Å². The first-order valence-electron chi connectivity index (χ1n) is 3.81. The molecule has 0 aliphatic carbocycles. The summed E-state index contributed by atoms with van der Waals surface area (Å²) in [5, 5.41) is 11.2. The quantitative estimate of drug-likeness (QED) is 0.729. The number of benzene rings is 1. The average molecular weight is 213 g/mol. The molecule has 0 heterocycles. The molecule has 0 amide bonds. The molecule has 1 aromatic carbocycles. The molecule has 3 nitrogen and oxygen atoms in total. The van der Waals surface area contributed by atoms with E-state index in [1.165, 1.54) is 12.1 Å². The molecule has 0 saturated carbocycles. The van der Waals surface area contributed by atoms with Crippen molar-refractivity contribution in [3.8, 4) is 0 Å². The van der Waals surface area contributed by atoms with Crippen molar-refractivity contribution >= 4 is 23.2 Å². The summed E-state index contributed by atoms with van der Waals surface area (Å²) in [4.78, 5) is 10.9. The van der Waals surface area contributed by atoms with Crippen LogP contribution in [0.25, 0.3) is 0 Å². The summed E-state index contributed by atoms with van der Waals surface area (Å²) in [7, 11) is 1.62. The second-order valence-electron chi connectivity index (χ2n) is 2.58. The van der Waals surface area contributed by atoms with Gasteiger partial charge in [0.15, 0.2) is 0 Å². The Balaban J connectivity index is 3.12. The van der Waals surface area contributed by atoms with Crippen LogP contribution in [0.15, 0.2) is 18.2 Å². The minimum absolute atomic E-state index is 0.354. The van der Waals surface area contributed by atoms with Gasteiger partial charge in [-0.25, -0.2) is 9.18 Å². The number of carbonyl (C=O) groups is 1. The van der Waals surface area contributed by atoms with Gasteiger partial charge < -0.3 is 10.4 Å². The normalized spacial score (nSPS) is 9.57. The Bertz CT molecular complexity index is 392. The number of carboxylic acids is 1. The van der Waals surface area contributed by atoms with Crippen molar-refractivity contribution in [2.24, 2.45) is 0 Å². The monoisotopic (exact) mass is 213 g/mol. The lowest BCUT2D eigenvalue weighted by Crippen LogP contribution is -2.17. The van der Waals surface area contributed by atoms with E-state index in [9.17, 15) is 9.18 Å². The summed E-state index contributed by atoms with van der Waals surface area (Å²) >= 11 is 4.87. The minimum atomic E-state index is -1.29. The molecule has 0 bridgehead atoms. The third kappa shape index (κ3) is 2.05. The van der Waals surface area contributed by atoms with Crippen molar-refractivity contribution in [1.29, 1.82) is 0 Å². The average Bonchev–Trinajstić information content (AvgIpc) is 2.15. The number of halogens is 1. The van der Waals surface area contributed by atoms with Crippen molar-refractivity contribution in [2.45, 2.75) is 0 Å². The molecule has 0 spiro atoms. The minimum Gasteiger partial charge on any atom is -0.478 e. The number of rotatable bonds is 2. The molecule has 0 aliphatic heterocycles. The maximum absolute atomic E-state index is 13.1. The lowest BCUT2D eigenvalue weighted by atomic mass is 10.1. The van der Waals surface area contributed by atoms with Gasteiger partial charge in [-0.1, -0.05) is 18.3 Å². The van der Waals surface area contributed by atoms with Gasteiger partial charge in [0.05, 0.1) is 5.56 Å². The van der Waals surface area contributed by atoms with E-state index in [1.54, 1.807) is 7.05 Å². The van der Waals surface area contributed by atoms with Gasteiger partial charge in [-0.15, -0.1) is 0 Å². The van der Waals surface area contributed by atoms with Crippen molar-refractivity contribution in [1.82, 2.24) is 5.32 Å². The molecule has 14 heavy (non-hydrogen) atoms. The molecule has 0 radical (unpaired) electrons. The van der Waals surface area contributed by atoms with Crippen LogP contribution in [-0.2, 0) is 0 Å². The van der Waals surface area contributed by atoms with Crippen LogP contribution in [0.3, 0.4) is 0 Å². The zero-order valence-electron chi connectivity index (χ0n) is 7.37. The van der Waals surface area contributed by atoms with E-state index in [0.717, 1.165) is 6.07 Å². The maximum atomic E-state index is 13.1. The number of aromatic carboxylic acids is 1. The molecule has 1 aromatic rings. The van der Waals surface area contributed by atoms with Gasteiger partial charge in [-0.2, -0.15) is 0 Å². The third-order valence-corrected chi connectivity index (χ3v) is 2.13. The number of hydrogen-bond acceptors (Lipinski definition) is 2. The molecule has 0 fully saturated rings. The van der Waals surface area contributed by atoms with Crippen molar-refractivity contribution < 1.29 is 14.3 Å². The lowest BCUT2D eigenvalue weighted by Gasteiger charge is -2.04. The van der Waals surface area contributed by atoms with Gasteiger partial charge in [-0.3, -0.25) is 0 Å². The smallest absolute Gasteiger partial charge is 0.338 e. The second kappa shape index (κ2) is 4.15. The van der Waals surface area contributed by atoms with E-state index in [2.05, 4.69) is 5.32 Å². The van der Waals surface area contributed by atoms with Crippen molar-refractivity contribution in [2.75, 3.05) is 7.05 Å². The highest BCUT2D eigenvalue weighted by Gasteiger charge is 2.11. The third-order valence-electron chi connectivity index (χ3n) is 1.69. The van der Waals surface area contributed by atoms with Crippen LogP contribution >= 0.6 is 12.2 Å². The fraction of sp³-hybridized carbons (Fsp3) is 0.111. The molecule has 74 valence electrons. The highest BCUT2D eigenvalue weighted by Crippen LogP contribution is 2.10. The molecule has 1 rings (SSSR count). The van der Waals surface area contributed by atoms with E-state index in [4.69, 9.17) is 17.3 Å². The fourth-order valence-electron chi connectivity index (χ4n) is 0.974. The largest absolute Gasteiger partial charge is 0.478 e. The highest BCUT2D eigenvalue weighted by atomic mass is 32.1. The van der Waals surface area contributed by atoms with E-state index in [1.807, 2.05) is 0 Å². The van der Waals surface area contributed by atoms with Gasteiger partial charge >= 0.3 is 5.97 Å². The van der Waals surface area contributed by atoms with Crippen LogP contribution in [0.2, 0.25) is 0 Å². The number of hydrogen-bond donors (Lipinski definition) is 2. The summed E-state index contributed by atoms with van der Waals surface area (Å²) in [6.45, 7) is 0. The topological polar surface area (TPSA) is 49.3 Å². The molecule has 0 aliphatic rings. The fourth-order valence-corrected chi connectivity index (χ4v) is 1.10. The zero-order valence-corrected chi connectivity index (χ0v) is 8.19. The van der Waals surface area contributed by atoms with Crippen LogP contribution in [0.1, 0.15) is 15.9 Å². The summed E-state index contributed by atoms with van der Waals surface area (Å²) in [5.74, 6) is -2.07. The summed E-state index contributed by atoms with van der Waals surface area (Å²) < 4.78 is 13.1. The predicted molar refractivity (Wildman–Crippen MR) is 54.1 cm³/mol. The number of thiocarbonyl (C=S) groups is 1. The van der Waals surface area contributed by atoms with Gasteiger partial charge in [0, 0.05) is 12.6 Å². The summed E-state index contributed by atoms with van der Waals surface area (Å²) in [5.41, 5.74) is 0.109. The highest BCUT2D eigenvalue weighted by molar-refractivity contribution is 7.80. The Kier molecular flexibility index (Phi) is 3.14. The van der Waals surface area contributed by atoms with E-state index < -0.39 is 11.8 Å². The Morgan fingerprint density at radius 1 is 1.57 bits per heavy atom. The van der Waals surface area contributed by atoms with E-state index >= 15 is 0 Å². The molecule has 0 saturated heterocycles. The van der Waals surface area contributed by atoms with Crippen LogP contribution in [0, 0.1) is 5.82 Å². The molecular weight excluding hydrogens is 205 g/mol. The Morgan fingerprint density at radius 3 is 2.64 bits per heavy atom. The number of carboxylic acid groups (broad SMARTS) is 1. The molecular formula is C9H8FNO2S. The first-order chi connectivity index (χ1) is 6.56. The summed E-state index contributed by atoms with van der Waals surface area (Å²) in [6.07, 6.45) is 0. The zero-order chi connectivity index (χ0) is 10.7. The molecule has 0 aromatic heterocycles. The molecule has 5 heteroatoms. The van der Waals surface area contributed by atoms with Gasteiger partial charge in [-0.05, 0) is 12.1 Å². The molecule has 0 unspecified atom stereocenters. The SMILES string of the molecule is CNC(=S)c1ccc(C(=O)O)c(F)c1. The number of nitrogens with one attached hydrogen (secondary N) is 1. The van der Waals surface area contributed by atoms with Crippen LogP contribution in [0.5, 0.6) is 0 Å².